The molecule has 2 amide bonds. The molecule has 0 saturated heterocycles. The molecule has 2 heterocycles. The number of ether oxygens (including phenoxy) is 1. The fraction of sp³-hybridized carbons (Fsp3) is 0.350. The molecule has 148 valence electrons. The Balaban J connectivity index is 1.72. The van der Waals surface area contributed by atoms with E-state index in [-0.39, 0.29) is 12.1 Å². The molecule has 0 radical (unpaired) electrons. The Hall–Kier alpha value is -3.13. The molecule has 0 fully saturated rings. The zero-order chi connectivity index (χ0) is 20.1. The maximum absolute atomic E-state index is 12.6. The van der Waals surface area contributed by atoms with E-state index in [1.807, 2.05) is 38.2 Å². The molecule has 0 saturated carbocycles. The Bertz CT molecular complexity index is 946. The summed E-state index contributed by atoms with van der Waals surface area (Å²) >= 11 is 0. The van der Waals surface area contributed by atoms with E-state index in [1.165, 1.54) is 5.56 Å². The number of carbonyl (C=O) groups is 1. The van der Waals surface area contributed by atoms with Crippen molar-refractivity contribution in [2.24, 2.45) is 7.05 Å². The van der Waals surface area contributed by atoms with Crippen molar-refractivity contribution in [3.63, 3.8) is 0 Å². The third-order valence-corrected chi connectivity index (χ3v) is 4.41. The van der Waals surface area contributed by atoms with Crippen molar-refractivity contribution < 1.29 is 9.53 Å². The molecule has 0 aliphatic heterocycles. The van der Waals surface area contributed by atoms with E-state index >= 15 is 0 Å². The number of aromatic nitrogens is 4. The van der Waals surface area contributed by atoms with Gasteiger partial charge in [-0.2, -0.15) is 10.2 Å². The van der Waals surface area contributed by atoms with E-state index in [1.54, 1.807) is 22.7 Å². The van der Waals surface area contributed by atoms with E-state index in [4.69, 9.17) is 4.74 Å². The van der Waals surface area contributed by atoms with Crippen LogP contribution in [0.3, 0.4) is 0 Å². The second kappa shape index (κ2) is 8.71. The molecular formula is C20H26N6O2. The molecule has 1 aromatic carbocycles. The average Bonchev–Trinajstić information content (AvgIpc) is 3.20. The van der Waals surface area contributed by atoms with Crippen molar-refractivity contribution in [1.82, 2.24) is 24.9 Å². The number of hydrogen-bond acceptors (Lipinski definition) is 4. The van der Waals surface area contributed by atoms with E-state index in [2.05, 4.69) is 39.9 Å². The van der Waals surface area contributed by atoms with Gasteiger partial charge in [-0.05, 0) is 25.5 Å². The first-order chi connectivity index (χ1) is 13.5. The Morgan fingerprint density at radius 2 is 2.07 bits per heavy atom. The largest absolute Gasteiger partial charge is 0.382 e. The van der Waals surface area contributed by atoms with Crippen molar-refractivity contribution in [1.29, 1.82) is 0 Å². The number of nitrogens with one attached hydrogen (secondary N) is 2. The predicted octanol–water partition coefficient (Wildman–Crippen LogP) is 2.79. The summed E-state index contributed by atoms with van der Waals surface area (Å²) in [6.45, 7) is 4.88. The number of aryl methyl sites for hydroxylation is 3. The lowest BCUT2D eigenvalue weighted by Crippen LogP contribution is -2.36. The quantitative estimate of drug-likeness (QED) is 0.658. The van der Waals surface area contributed by atoms with Crippen LogP contribution in [0.1, 0.15) is 28.6 Å². The highest BCUT2D eigenvalue weighted by Crippen LogP contribution is 2.16. The lowest BCUT2D eigenvalue weighted by atomic mass is 10.1. The van der Waals surface area contributed by atoms with Crippen LogP contribution >= 0.6 is 0 Å². The number of nitrogens with zero attached hydrogens (tertiary/aromatic N) is 4. The SMILES string of the molecule is COC[C@@H](NC(=O)Nc1cc(C)nn1Cc1cccc(C)c1)c1ccnn1C. The highest BCUT2D eigenvalue weighted by atomic mass is 16.5. The fourth-order valence-electron chi connectivity index (χ4n) is 3.15. The van der Waals surface area contributed by atoms with E-state index in [0.717, 1.165) is 17.0 Å². The van der Waals surface area contributed by atoms with Gasteiger partial charge in [0.25, 0.3) is 0 Å². The third-order valence-electron chi connectivity index (χ3n) is 4.41. The molecule has 0 unspecified atom stereocenters. The first-order valence-electron chi connectivity index (χ1n) is 9.10. The van der Waals surface area contributed by atoms with Gasteiger partial charge in [-0.25, -0.2) is 9.48 Å². The van der Waals surface area contributed by atoms with Gasteiger partial charge in [-0.1, -0.05) is 29.8 Å². The monoisotopic (exact) mass is 382 g/mol. The summed E-state index contributed by atoms with van der Waals surface area (Å²) in [5.41, 5.74) is 4.01. The Morgan fingerprint density at radius 3 is 2.75 bits per heavy atom. The number of amides is 2. The average molecular weight is 382 g/mol. The summed E-state index contributed by atoms with van der Waals surface area (Å²) in [5.74, 6) is 0.637. The normalized spacial score (nSPS) is 12.0. The van der Waals surface area contributed by atoms with Crippen molar-refractivity contribution >= 4 is 11.8 Å². The summed E-state index contributed by atoms with van der Waals surface area (Å²) in [6, 6.07) is 11.3. The topological polar surface area (TPSA) is 86.0 Å². The zero-order valence-electron chi connectivity index (χ0n) is 16.6. The lowest BCUT2D eigenvalue weighted by molar-refractivity contribution is 0.165. The number of rotatable bonds is 7. The molecule has 3 rings (SSSR count). The highest BCUT2D eigenvalue weighted by Gasteiger charge is 2.19. The van der Waals surface area contributed by atoms with Crippen LogP contribution in [0.4, 0.5) is 10.6 Å². The minimum atomic E-state index is -0.325. The molecule has 28 heavy (non-hydrogen) atoms. The van der Waals surface area contributed by atoms with Gasteiger partial charge in [0.15, 0.2) is 0 Å². The number of methoxy groups -OCH3 is 1. The molecule has 2 N–H and O–H groups in total. The molecule has 0 aliphatic rings. The maximum Gasteiger partial charge on any atom is 0.321 e. The summed E-state index contributed by atoms with van der Waals surface area (Å²) < 4.78 is 8.76. The van der Waals surface area contributed by atoms with E-state index < -0.39 is 0 Å². The molecule has 0 aliphatic carbocycles. The number of anilines is 1. The van der Waals surface area contributed by atoms with Gasteiger partial charge in [-0.3, -0.25) is 10.00 Å². The van der Waals surface area contributed by atoms with Crippen molar-refractivity contribution in [3.8, 4) is 0 Å². The highest BCUT2D eigenvalue weighted by molar-refractivity contribution is 5.88. The molecular weight excluding hydrogens is 356 g/mol. The predicted molar refractivity (Wildman–Crippen MR) is 107 cm³/mol. The summed E-state index contributed by atoms with van der Waals surface area (Å²) in [7, 11) is 3.43. The van der Waals surface area contributed by atoms with Gasteiger partial charge < -0.3 is 10.1 Å². The van der Waals surface area contributed by atoms with Gasteiger partial charge >= 0.3 is 6.03 Å². The summed E-state index contributed by atoms with van der Waals surface area (Å²) in [5, 5.41) is 14.5. The number of urea groups is 1. The Labute approximate surface area is 164 Å². The molecule has 0 bridgehead atoms. The molecule has 8 heteroatoms. The maximum atomic E-state index is 12.6. The van der Waals surface area contributed by atoms with Gasteiger partial charge in [-0.15, -0.1) is 0 Å². The van der Waals surface area contributed by atoms with Gasteiger partial charge in [0.05, 0.1) is 30.6 Å². The Kier molecular flexibility index (Phi) is 6.10. The first-order valence-corrected chi connectivity index (χ1v) is 9.10. The van der Waals surface area contributed by atoms with Crippen molar-refractivity contribution in [2.75, 3.05) is 19.0 Å². The van der Waals surface area contributed by atoms with E-state index in [0.29, 0.717) is 19.0 Å². The minimum absolute atomic E-state index is 0.313. The van der Waals surface area contributed by atoms with Crippen LogP contribution in [0.15, 0.2) is 42.6 Å². The Morgan fingerprint density at radius 1 is 1.25 bits per heavy atom. The van der Waals surface area contributed by atoms with Crippen LogP contribution in [-0.2, 0) is 18.3 Å². The fourth-order valence-corrected chi connectivity index (χ4v) is 3.15. The van der Waals surface area contributed by atoms with Gasteiger partial charge in [0.1, 0.15) is 5.82 Å². The standard InChI is InChI=1S/C20H26N6O2/c1-14-6-5-7-16(10-14)12-26-19(11-15(2)24-26)23-20(27)22-17(13-28-4)18-8-9-21-25(18)3/h5-11,17H,12-13H2,1-4H3,(H2,22,23,27)/t17-/m1/s1. The zero-order valence-corrected chi connectivity index (χ0v) is 16.6. The van der Waals surface area contributed by atoms with Crippen LogP contribution in [0.5, 0.6) is 0 Å². The number of carbonyl (C=O) groups excluding carboxylic acids is 1. The molecule has 0 spiro atoms. The molecule has 1 atom stereocenters. The van der Waals surface area contributed by atoms with Crippen LogP contribution in [-0.4, -0.2) is 39.3 Å². The first kappa shape index (κ1) is 19.6. The van der Waals surface area contributed by atoms with Crippen LogP contribution in [0.25, 0.3) is 0 Å². The second-order valence-electron chi connectivity index (χ2n) is 6.80. The third kappa shape index (κ3) is 4.77. The van der Waals surface area contributed by atoms with Crippen LogP contribution in [0, 0.1) is 13.8 Å². The molecule has 3 aromatic rings. The second-order valence-corrected chi connectivity index (χ2v) is 6.80. The summed E-state index contributed by atoms with van der Waals surface area (Å²) in [6.07, 6.45) is 1.69. The van der Waals surface area contributed by atoms with Crippen molar-refractivity contribution in [2.45, 2.75) is 26.4 Å². The van der Waals surface area contributed by atoms with Crippen molar-refractivity contribution in [3.05, 3.63) is 65.1 Å². The number of hydrogen-bond donors (Lipinski definition) is 2. The smallest absolute Gasteiger partial charge is 0.321 e. The molecule has 2 aromatic heterocycles. The number of benzene rings is 1. The minimum Gasteiger partial charge on any atom is -0.382 e. The molecule has 8 nitrogen and oxygen atoms in total. The van der Waals surface area contributed by atoms with Gasteiger partial charge in [0.2, 0.25) is 0 Å². The lowest BCUT2D eigenvalue weighted by Gasteiger charge is -2.19. The van der Waals surface area contributed by atoms with Gasteiger partial charge in [0, 0.05) is 26.4 Å². The van der Waals surface area contributed by atoms with E-state index in [9.17, 15) is 4.79 Å². The summed E-state index contributed by atoms with van der Waals surface area (Å²) in [4.78, 5) is 12.6. The van der Waals surface area contributed by atoms with Crippen LogP contribution in [0.2, 0.25) is 0 Å². The van der Waals surface area contributed by atoms with Crippen LogP contribution < -0.4 is 10.6 Å².